The van der Waals surface area contributed by atoms with Crippen LogP contribution in [0.15, 0.2) is 0 Å². The molecule has 0 saturated heterocycles. The largest absolute Gasteiger partial charge is 0.432 e. The molecule has 1 N–H and O–H groups in total. The maximum atomic E-state index is 9.58. The zero-order valence-corrected chi connectivity index (χ0v) is 7.07. The van der Waals surface area contributed by atoms with Crippen molar-refractivity contribution < 1.29 is 4.80 Å². The molecule has 0 aromatic rings. The molecule has 0 heterocycles. The van der Waals surface area contributed by atoms with Crippen LogP contribution in [0.25, 0.3) is 0 Å². The first kappa shape index (κ1) is 8.18. The van der Waals surface area contributed by atoms with Crippen LogP contribution in [-0.4, -0.2) is 13.1 Å². The van der Waals surface area contributed by atoms with E-state index in [2.05, 4.69) is 20.8 Å². The van der Waals surface area contributed by atoms with Gasteiger partial charge in [-0.3, -0.25) is 0 Å². The molecule has 8 heavy (non-hydrogen) atoms. The molecule has 0 amide bonds. The van der Waals surface area contributed by atoms with E-state index < -0.39 is 8.32 Å². The van der Waals surface area contributed by atoms with Crippen LogP contribution in [0.5, 0.6) is 0 Å². The molecule has 0 aliphatic rings. The lowest BCUT2D eigenvalue weighted by molar-refractivity contribution is 0.531. The smallest absolute Gasteiger partial charge is 0.187 e. The zero-order chi connectivity index (χ0) is 6.62. The quantitative estimate of drug-likeness (QED) is 0.462. The van der Waals surface area contributed by atoms with E-state index in [1.807, 2.05) is 0 Å². The fourth-order valence-electron chi connectivity index (χ4n) is 0.750. The van der Waals surface area contributed by atoms with Crippen LogP contribution in [-0.2, 0) is 0 Å². The third kappa shape index (κ3) is 1.97. The van der Waals surface area contributed by atoms with Crippen molar-refractivity contribution in [1.29, 1.82) is 0 Å². The summed E-state index contributed by atoms with van der Waals surface area (Å²) in [5, 5.41) is 0. The van der Waals surface area contributed by atoms with Gasteiger partial charge in [-0.2, -0.15) is 0 Å². The highest BCUT2D eigenvalue weighted by Gasteiger charge is 2.22. The molecule has 0 fully saturated rings. The monoisotopic (exact) mass is 134 g/mol. The molecule has 2 heteroatoms. The van der Waals surface area contributed by atoms with Gasteiger partial charge in [-0.05, 0) is 18.1 Å². The Morgan fingerprint density at radius 3 is 1.25 bits per heavy atom. The molecule has 0 atom stereocenters. The summed E-state index contributed by atoms with van der Waals surface area (Å²) >= 11 is 0. The molecule has 0 unspecified atom stereocenters. The van der Waals surface area contributed by atoms with Crippen LogP contribution >= 0.6 is 0 Å². The van der Waals surface area contributed by atoms with Gasteiger partial charge in [0.1, 0.15) is 0 Å². The van der Waals surface area contributed by atoms with Gasteiger partial charge in [0, 0.05) is 0 Å². The third-order valence-electron chi connectivity index (χ3n) is 1.97. The Hall–Kier alpha value is 0.177. The summed E-state index contributed by atoms with van der Waals surface area (Å²) < 4.78 is 0. The van der Waals surface area contributed by atoms with Crippen molar-refractivity contribution in [3.05, 3.63) is 0 Å². The molecule has 0 spiro atoms. The molecule has 0 aliphatic heterocycles. The highest BCUT2D eigenvalue weighted by molar-refractivity contribution is 6.72. The van der Waals surface area contributed by atoms with Gasteiger partial charge >= 0.3 is 0 Å². The minimum Gasteiger partial charge on any atom is -0.432 e. The molecule has 0 aliphatic carbocycles. The summed E-state index contributed by atoms with van der Waals surface area (Å²) in [6, 6.07) is 3.04. The Balaban J connectivity index is 3.58. The summed E-state index contributed by atoms with van der Waals surface area (Å²) in [4.78, 5) is 9.58. The average molecular weight is 134 g/mol. The lowest BCUT2D eigenvalue weighted by atomic mass is 10.9. The van der Waals surface area contributed by atoms with Crippen molar-refractivity contribution in [2.24, 2.45) is 0 Å². The van der Waals surface area contributed by atoms with Gasteiger partial charge in [-0.15, -0.1) is 0 Å². The van der Waals surface area contributed by atoms with Crippen molar-refractivity contribution in [3.8, 4) is 0 Å². The Morgan fingerprint density at radius 1 is 1.00 bits per heavy atom. The zero-order valence-electron chi connectivity index (χ0n) is 6.07. The predicted octanol–water partition coefficient (Wildman–Crippen LogP) is 1.98. The van der Waals surface area contributed by atoms with E-state index in [1.54, 1.807) is 0 Å². The Bertz CT molecular complexity index is 51.3. The first-order chi connectivity index (χ1) is 3.68. The molecule has 1 nitrogen and oxygen atoms in total. The first-order valence-corrected chi connectivity index (χ1v) is 5.97. The second-order valence-electron chi connectivity index (χ2n) is 2.29. The topological polar surface area (TPSA) is 20.2 Å². The predicted molar refractivity (Wildman–Crippen MR) is 39.4 cm³/mol. The average Bonchev–Trinajstić information content (AvgIpc) is 1.87. The standard InChI is InChI=1S/C6H16OSi/c1-4-8(7,5-2)6-3/h7H,4-6H2,1-3H3/i7+2. The second-order valence-corrected chi connectivity index (χ2v) is 6.86. The molecule has 0 aromatic carbocycles. The SMILES string of the molecule is CC[Si]([18OH])(CC)CC. The van der Waals surface area contributed by atoms with E-state index in [0.717, 1.165) is 18.1 Å². The molecule has 0 bridgehead atoms. The molecular weight excluding hydrogens is 118 g/mol. The summed E-state index contributed by atoms with van der Waals surface area (Å²) in [5.74, 6) is 0. The lowest BCUT2D eigenvalue weighted by Gasteiger charge is -2.18. The lowest BCUT2D eigenvalue weighted by Crippen LogP contribution is -2.30. The van der Waals surface area contributed by atoms with Gasteiger partial charge in [0.25, 0.3) is 0 Å². The summed E-state index contributed by atoms with van der Waals surface area (Å²) in [7, 11) is -1.67. The van der Waals surface area contributed by atoms with Gasteiger partial charge in [0.05, 0.1) is 0 Å². The van der Waals surface area contributed by atoms with Crippen LogP contribution < -0.4 is 0 Å². The van der Waals surface area contributed by atoms with Gasteiger partial charge < -0.3 is 4.80 Å². The molecular formula is C6H16OSi. The fourth-order valence-corrected chi connectivity index (χ4v) is 2.25. The van der Waals surface area contributed by atoms with Crippen LogP contribution in [0, 0.1) is 0 Å². The Morgan fingerprint density at radius 2 is 1.25 bits per heavy atom. The van der Waals surface area contributed by atoms with Gasteiger partial charge in [-0.1, -0.05) is 20.8 Å². The van der Waals surface area contributed by atoms with Crippen molar-refractivity contribution in [1.82, 2.24) is 0 Å². The van der Waals surface area contributed by atoms with Gasteiger partial charge in [0.2, 0.25) is 0 Å². The van der Waals surface area contributed by atoms with Gasteiger partial charge in [0.15, 0.2) is 8.32 Å². The Labute approximate surface area is 52.9 Å². The minimum absolute atomic E-state index is 1.01. The van der Waals surface area contributed by atoms with Crippen LogP contribution in [0.3, 0.4) is 0 Å². The molecule has 0 aromatic heterocycles. The second kappa shape index (κ2) is 3.25. The van der Waals surface area contributed by atoms with Crippen molar-refractivity contribution in [2.75, 3.05) is 0 Å². The first-order valence-electron chi connectivity index (χ1n) is 3.41. The third-order valence-corrected chi connectivity index (χ3v) is 5.92. The maximum absolute atomic E-state index is 9.58. The van der Waals surface area contributed by atoms with E-state index in [9.17, 15) is 4.80 Å². The highest BCUT2D eigenvalue weighted by atomic mass is 28.4. The molecule has 50 valence electrons. The van der Waals surface area contributed by atoms with Gasteiger partial charge in [-0.25, -0.2) is 0 Å². The summed E-state index contributed by atoms with van der Waals surface area (Å²) in [6.07, 6.45) is 0. The molecule has 0 radical (unpaired) electrons. The number of hydrogen-bond acceptors (Lipinski definition) is 1. The number of hydrogen-bond donors (Lipinski definition) is 1. The van der Waals surface area contributed by atoms with E-state index >= 15 is 0 Å². The van der Waals surface area contributed by atoms with E-state index in [0.29, 0.717) is 0 Å². The Kier molecular flexibility index (Phi) is 3.32. The van der Waals surface area contributed by atoms with Crippen molar-refractivity contribution in [2.45, 2.75) is 38.9 Å². The van der Waals surface area contributed by atoms with Crippen LogP contribution in [0.2, 0.25) is 18.1 Å². The summed E-state index contributed by atoms with van der Waals surface area (Å²) in [5.41, 5.74) is 0. The van der Waals surface area contributed by atoms with E-state index in [1.165, 1.54) is 0 Å². The molecule has 0 saturated carbocycles. The highest BCUT2D eigenvalue weighted by Crippen LogP contribution is 2.14. The maximum Gasteiger partial charge on any atom is 0.187 e. The van der Waals surface area contributed by atoms with Crippen LogP contribution in [0.4, 0.5) is 0 Å². The fraction of sp³-hybridized carbons (Fsp3) is 1.00. The normalized spacial score (nSPS) is 12.0. The van der Waals surface area contributed by atoms with E-state index in [-0.39, 0.29) is 0 Å². The van der Waals surface area contributed by atoms with Crippen LogP contribution in [0.1, 0.15) is 20.8 Å². The number of rotatable bonds is 3. The molecule has 0 rings (SSSR count). The van der Waals surface area contributed by atoms with Crippen molar-refractivity contribution >= 4 is 8.32 Å². The van der Waals surface area contributed by atoms with Crippen molar-refractivity contribution in [3.63, 3.8) is 0 Å². The summed E-state index contributed by atoms with van der Waals surface area (Å²) in [6.45, 7) is 6.25. The van der Waals surface area contributed by atoms with E-state index in [4.69, 9.17) is 0 Å². The minimum atomic E-state index is -1.67.